The molecule has 2 rings (SSSR count). The van der Waals surface area contributed by atoms with Gasteiger partial charge in [0.25, 0.3) is 0 Å². The van der Waals surface area contributed by atoms with Gasteiger partial charge in [0.15, 0.2) is 0 Å². The van der Waals surface area contributed by atoms with Crippen molar-refractivity contribution in [2.75, 3.05) is 7.11 Å². The largest absolute Gasteiger partial charge is 0.496 e. The van der Waals surface area contributed by atoms with Gasteiger partial charge in [0.05, 0.1) is 12.8 Å². The van der Waals surface area contributed by atoms with Crippen molar-refractivity contribution in [1.82, 2.24) is 15.1 Å². The van der Waals surface area contributed by atoms with Crippen LogP contribution in [-0.4, -0.2) is 16.9 Å². The van der Waals surface area contributed by atoms with Crippen molar-refractivity contribution in [3.05, 3.63) is 46.2 Å². The van der Waals surface area contributed by atoms with Gasteiger partial charge in [-0.25, -0.2) is 0 Å². The SMILES string of the molecule is CCc1nn(C)cc1CNCc1cc(Cl)ccc1OC. The fourth-order valence-electron chi connectivity index (χ4n) is 2.25. The van der Waals surface area contributed by atoms with E-state index in [9.17, 15) is 0 Å². The fraction of sp³-hybridized carbons (Fsp3) is 0.400. The third-order valence-corrected chi connectivity index (χ3v) is 3.44. The molecule has 1 heterocycles. The molecule has 1 aromatic heterocycles. The molecule has 0 amide bonds. The Morgan fingerprint density at radius 3 is 2.75 bits per heavy atom. The minimum atomic E-state index is 0.710. The van der Waals surface area contributed by atoms with E-state index in [1.54, 1.807) is 7.11 Å². The second kappa shape index (κ2) is 6.77. The average molecular weight is 294 g/mol. The number of aromatic nitrogens is 2. The minimum absolute atomic E-state index is 0.710. The van der Waals surface area contributed by atoms with Crippen LogP contribution in [-0.2, 0) is 26.6 Å². The Hall–Kier alpha value is -1.52. The number of aryl methyl sites for hydroxylation is 2. The van der Waals surface area contributed by atoms with Crippen LogP contribution >= 0.6 is 11.6 Å². The van der Waals surface area contributed by atoms with E-state index in [1.165, 1.54) is 5.56 Å². The first-order valence-corrected chi connectivity index (χ1v) is 7.06. The average Bonchev–Trinajstić information content (AvgIpc) is 2.79. The Labute approximate surface area is 124 Å². The first kappa shape index (κ1) is 14.9. The lowest BCUT2D eigenvalue weighted by Crippen LogP contribution is -2.14. The van der Waals surface area contributed by atoms with E-state index in [-0.39, 0.29) is 0 Å². The summed E-state index contributed by atoms with van der Waals surface area (Å²) in [7, 11) is 3.62. The lowest BCUT2D eigenvalue weighted by molar-refractivity contribution is 0.407. The molecule has 0 atom stereocenters. The van der Waals surface area contributed by atoms with Crippen molar-refractivity contribution >= 4 is 11.6 Å². The van der Waals surface area contributed by atoms with Crippen molar-refractivity contribution in [3.63, 3.8) is 0 Å². The summed E-state index contributed by atoms with van der Waals surface area (Å²) < 4.78 is 7.19. The zero-order valence-electron chi connectivity index (χ0n) is 12.1. The zero-order chi connectivity index (χ0) is 14.5. The van der Waals surface area contributed by atoms with Gasteiger partial charge in [-0.2, -0.15) is 5.10 Å². The molecule has 0 fully saturated rings. The van der Waals surface area contributed by atoms with Crippen molar-refractivity contribution in [3.8, 4) is 5.75 Å². The Morgan fingerprint density at radius 1 is 1.30 bits per heavy atom. The summed E-state index contributed by atoms with van der Waals surface area (Å²) in [5.41, 5.74) is 3.43. The number of methoxy groups -OCH3 is 1. The highest BCUT2D eigenvalue weighted by Gasteiger charge is 2.07. The van der Waals surface area contributed by atoms with E-state index in [4.69, 9.17) is 16.3 Å². The van der Waals surface area contributed by atoms with E-state index in [0.29, 0.717) is 6.54 Å². The van der Waals surface area contributed by atoms with Crippen LogP contribution in [0.1, 0.15) is 23.7 Å². The minimum Gasteiger partial charge on any atom is -0.496 e. The highest BCUT2D eigenvalue weighted by atomic mass is 35.5. The molecule has 0 aliphatic rings. The number of nitrogens with one attached hydrogen (secondary N) is 1. The highest BCUT2D eigenvalue weighted by molar-refractivity contribution is 6.30. The summed E-state index contributed by atoms with van der Waals surface area (Å²) in [5.74, 6) is 0.851. The number of hydrogen-bond donors (Lipinski definition) is 1. The summed E-state index contributed by atoms with van der Waals surface area (Å²) in [6.07, 6.45) is 3.00. The molecular weight excluding hydrogens is 274 g/mol. The summed E-state index contributed by atoms with van der Waals surface area (Å²) in [6.45, 7) is 3.61. The smallest absolute Gasteiger partial charge is 0.123 e. The molecule has 0 spiro atoms. The topological polar surface area (TPSA) is 39.1 Å². The van der Waals surface area contributed by atoms with Gasteiger partial charge in [-0.3, -0.25) is 4.68 Å². The van der Waals surface area contributed by atoms with Crippen molar-refractivity contribution < 1.29 is 4.74 Å². The van der Waals surface area contributed by atoms with E-state index >= 15 is 0 Å². The van der Waals surface area contributed by atoms with E-state index in [2.05, 4.69) is 23.5 Å². The van der Waals surface area contributed by atoms with Gasteiger partial charge in [-0.15, -0.1) is 0 Å². The zero-order valence-corrected chi connectivity index (χ0v) is 12.9. The molecule has 0 aliphatic heterocycles. The lowest BCUT2D eigenvalue weighted by Gasteiger charge is -2.10. The first-order valence-electron chi connectivity index (χ1n) is 6.68. The molecule has 1 N–H and O–H groups in total. The third kappa shape index (κ3) is 3.52. The van der Waals surface area contributed by atoms with Crippen LogP contribution in [0.25, 0.3) is 0 Å². The Balaban J connectivity index is 2.00. The Bertz CT molecular complexity index is 580. The maximum absolute atomic E-state index is 6.02. The van der Waals surface area contributed by atoms with Gasteiger partial charge in [-0.1, -0.05) is 18.5 Å². The maximum Gasteiger partial charge on any atom is 0.123 e. The Morgan fingerprint density at radius 2 is 2.05 bits per heavy atom. The molecule has 0 saturated heterocycles. The highest BCUT2D eigenvalue weighted by Crippen LogP contribution is 2.22. The molecule has 20 heavy (non-hydrogen) atoms. The molecule has 0 unspecified atom stereocenters. The van der Waals surface area contributed by atoms with Crippen molar-refractivity contribution in [1.29, 1.82) is 0 Å². The molecule has 2 aromatic rings. The maximum atomic E-state index is 6.02. The molecule has 4 nitrogen and oxygen atoms in total. The van der Waals surface area contributed by atoms with Gasteiger partial charge in [0, 0.05) is 42.5 Å². The predicted molar refractivity (Wildman–Crippen MR) is 81.1 cm³/mol. The fourth-order valence-corrected chi connectivity index (χ4v) is 2.44. The molecular formula is C15H20ClN3O. The molecule has 0 radical (unpaired) electrons. The molecule has 0 aliphatic carbocycles. The number of nitrogens with zero attached hydrogens (tertiary/aromatic N) is 2. The third-order valence-electron chi connectivity index (χ3n) is 3.20. The number of ether oxygens (including phenoxy) is 1. The van der Waals surface area contributed by atoms with Gasteiger partial charge in [0.1, 0.15) is 5.75 Å². The number of rotatable bonds is 6. The van der Waals surface area contributed by atoms with E-state index < -0.39 is 0 Å². The second-order valence-electron chi connectivity index (χ2n) is 4.69. The van der Waals surface area contributed by atoms with Crippen molar-refractivity contribution in [2.45, 2.75) is 26.4 Å². The van der Waals surface area contributed by atoms with Crippen LogP contribution in [0, 0.1) is 0 Å². The number of hydrogen-bond acceptors (Lipinski definition) is 3. The van der Waals surface area contributed by atoms with Crippen LogP contribution in [0.5, 0.6) is 5.75 Å². The summed E-state index contributed by atoms with van der Waals surface area (Å²) in [6, 6.07) is 5.65. The molecule has 1 aromatic carbocycles. The molecule has 0 saturated carbocycles. The summed E-state index contributed by atoms with van der Waals surface area (Å²) >= 11 is 6.02. The first-order chi connectivity index (χ1) is 9.63. The van der Waals surface area contributed by atoms with Crippen LogP contribution in [0.4, 0.5) is 0 Å². The van der Waals surface area contributed by atoms with Crippen molar-refractivity contribution in [2.24, 2.45) is 7.05 Å². The van der Waals surface area contributed by atoms with Crippen LogP contribution < -0.4 is 10.1 Å². The summed E-state index contributed by atoms with van der Waals surface area (Å²) in [4.78, 5) is 0. The number of halogens is 1. The normalized spacial score (nSPS) is 10.8. The number of benzene rings is 1. The van der Waals surface area contributed by atoms with Crippen LogP contribution in [0.15, 0.2) is 24.4 Å². The Kier molecular flexibility index (Phi) is 5.04. The molecule has 108 valence electrons. The van der Waals surface area contributed by atoms with E-state index in [0.717, 1.165) is 35.0 Å². The van der Waals surface area contributed by atoms with Crippen LogP contribution in [0.2, 0.25) is 5.02 Å². The monoisotopic (exact) mass is 293 g/mol. The summed E-state index contributed by atoms with van der Waals surface area (Å²) in [5, 5.41) is 8.57. The molecule has 5 heteroatoms. The standard InChI is InChI=1S/C15H20ClN3O/c1-4-14-12(10-19(2)18-14)9-17-8-11-7-13(16)5-6-15(11)20-3/h5-7,10,17H,4,8-9H2,1-3H3. The van der Waals surface area contributed by atoms with E-state index in [1.807, 2.05) is 29.9 Å². The second-order valence-corrected chi connectivity index (χ2v) is 5.12. The van der Waals surface area contributed by atoms with Gasteiger partial charge in [-0.05, 0) is 24.6 Å². The van der Waals surface area contributed by atoms with Gasteiger partial charge < -0.3 is 10.1 Å². The lowest BCUT2D eigenvalue weighted by atomic mass is 10.2. The predicted octanol–water partition coefficient (Wildman–Crippen LogP) is 2.93. The van der Waals surface area contributed by atoms with Gasteiger partial charge >= 0.3 is 0 Å². The quantitative estimate of drug-likeness (QED) is 0.890. The van der Waals surface area contributed by atoms with Gasteiger partial charge in [0.2, 0.25) is 0 Å². The van der Waals surface area contributed by atoms with Crippen LogP contribution in [0.3, 0.4) is 0 Å². The molecule has 0 bridgehead atoms.